The first-order valence-corrected chi connectivity index (χ1v) is 9.67. The van der Waals surface area contributed by atoms with E-state index in [0.29, 0.717) is 5.92 Å². The Kier molecular flexibility index (Phi) is 3.79. The minimum atomic E-state index is -0.134. The summed E-state index contributed by atoms with van der Waals surface area (Å²) in [4.78, 5) is 3.70. The number of fused-ring (bicyclic) bond motifs is 4. The lowest BCUT2D eigenvalue weighted by Crippen LogP contribution is -2.38. The van der Waals surface area contributed by atoms with Crippen molar-refractivity contribution in [2.24, 2.45) is 0 Å². The van der Waals surface area contributed by atoms with Gasteiger partial charge < -0.3 is 14.5 Å². The SMILES string of the molecule is COc1ccc2[nH]c3c(c2c1)CCOC31CCC(c2ccccc2)CC1. The molecule has 1 aliphatic carbocycles. The summed E-state index contributed by atoms with van der Waals surface area (Å²) in [5, 5.41) is 1.30. The fraction of sp³-hybridized carbons (Fsp3) is 0.391. The first-order chi connectivity index (χ1) is 12.8. The molecule has 2 aromatic carbocycles. The average molecular weight is 347 g/mol. The minimum Gasteiger partial charge on any atom is -0.497 e. The van der Waals surface area contributed by atoms with Crippen molar-refractivity contribution in [2.75, 3.05) is 13.7 Å². The molecule has 3 heteroatoms. The summed E-state index contributed by atoms with van der Waals surface area (Å²) in [6.07, 6.45) is 5.52. The van der Waals surface area contributed by atoms with Crippen molar-refractivity contribution in [3.05, 3.63) is 65.4 Å². The summed E-state index contributed by atoms with van der Waals surface area (Å²) >= 11 is 0. The quantitative estimate of drug-likeness (QED) is 0.682. The van der Waals surface area contributed by atoms with Crippen LogP contribution < -0.4 is 4.74 Å². The van der Waals surface area contributed by atoms with Crippen LogP contribution in [0.2, 0.25) is 0 Å². The van der Waals surface area contributed by atoms with Crippen molar-refractivity contribution in [3.8, 4) is 5.75 Å². The maximum Gasteiger partial charge on any atom is 0.119 e. The predicted molar refractivity (Wildman–Crippen MR) is 104 cm³/mol. The molecule has 0 bridgehead atoms. The molecule has 1 fully saturated rings. The molecule has 0 radical (unpaired) electrons. The normalized spacial score (nSPS) is 25.3. The Morgan fingerprint density at radius 3 is 2.65 bits per heavy atom. The molecule has 3 nitrogen and oxygen atoms in total. The largest absolute Gasteiger partial charge is 0.497 e. The molecule has 1 aromatic heterocycles. The summed E-state index contributed by atoms with van der Waals surface area (Å²) < 4.78 is 11.9. The van der Waals surface area contributed by atoms with E-state index in [-0.39, 0.29) is 5.60 Å². The van der Waals surface area contributed by atoms with Gasteiger partial charge in [-0.15, -0.1) is 0 Å². The molecule has 1 N–H and O–H groups in total. The summed E-state index contributed by atoms with van der Waals surface area (Å²) in [5.41, 5.74) is 5.29. The highest BCUT2D eigenvalue weighted by molar-refractivity contribution is 5.86. The van der Waals surface area contributed by atoms with Gasteiger partial charge in [0.25, 0.3) is 0 Å². The first-order valence-electron chi connectivity index (χ1n) is 9.67. The van der Waals surface area contributed by atoms with E-state index in [1.54, 1.807) is 7.11 Å². The van der Waals surface area contributed by atoms with Crippen LogP contribution in [0.5, 0.6) is 5.75 Å². The zero-order valence-electron chi connectivity index (χ0n) is 15.3. The predicted octanol–water partition coefficient (Wildman–Crippen LogP) is 5.30. The maximum absolute atomic E-state index is 6.44. The molecule has 0 amide bonds. The van der Waals surface area contributed by atoms with Crippen molar-refractivity contribution in [2.45, 2.75) is 43.6 Å². The number of hydrogen-bond donors (Lipinski definition) is 1. The van der Waals surface area contributed by atoms with Crippen molar-refractivity contribution < 1.29 is 9.47 Å². The average Bonchev–Trinajstić information content (AvgIpc) is 3.09. The van der Waals surface area contributed by atoms with Crippen molar-refractivity contribution >= 4 is 10.9 Å². The Labute approximate surface area is 154 Å². The van der Waals surface area contributed by atoms with Gasteiger partial charge in [-0.05, 0) is 67.3 Å². The topological polar surface area (TPSA) is 34.2 Å². The van der Waals surface area contributed by atoms with Gasteiger partial charge in [0.15, 0.2) is 0 Å². The van der Waals surface area contributed by atoms with Gasteiger partial charge in [0.1, 0.15) is 11.4 Å². The van der Waals surface area contributed by atoms with E-state index < -0.39 is 0 Å². The standard InChI is InChI=1S/C23H25NO2/c1-25-18-7-8-21-20(15-18)19-11-14-26-23(22(19)24-21)12-9-17(10-13-23)16-5-3-2-4-6-16/h2-8,15,17,24H,9-14H2,1H3. The highest BCUT2D eigenvalue weighted by atomic mass is 16.5. The maximum atomic E-state index is 6.44. The number of rotatable bonds is 2. The van der Waals surface area contributed by atoms with E-state index in [4.69, 9.17) is 9.47 Å². The van der Waals surface area contributed by atoms with Crippen LogP contribution in [0.25, 0.3) is 10.9 Å². The molecule has 0 unspecified atom stereocenters. The van der Waals surface area contributed by atoms with Crippen LogP contribution in [0.15, 0.2) is 48.5 Å². The van der Waals surface area contributed by atoms with Gasteiger partial charge >= 0.3 is 0 Å². The molecule has 1 saturated carbocycles. The van der Waals surface area contributed by atoms with E-state index in [2.05, 4.69) is 47.4 Å². The Hall–Kier alpha value is -2.26. The minimum absolute atomic E-state index is 0.134. The Morgan fingerprint density at radius 1 is 1.08 bits per heavy atom. The molecular formula is C23H25NO2. The van der Waals surface area contributed by atoms with Crippen LogP contribution in [0.3, 0.4) is 0 Å². The molecule has 2 aliphatic rings. The number of methoxy groups -OCH3 is 1. The lowest BCUT2D eigenvalue weighted by atomic mass is 9.73. The van der Waals surface area contributed by atoms with Gasteiger partial charge in [0.05, 0.1) is 19.4 Å². The molecule has 1 aliphatic heterocycles. The summed E-state index contributed by atoms with van der Waals surface area (Å²) in [6, 6.07) is 17.3. The molecule has 134 valence electrons. The second kappa shape index (κ2) is 6.17. The summed E-state index contributed by atoms with van der Waals surface area (Å²) in [7, 11) is 1.73. The summed E-state index contributed by atoms with van der Waals surface area (Å²) in [6.45, 7) is 0.813. The van der Waals surface area contributed by atoms with Gasteiger partial charge in [-0.2, -0.15) is 0 Å². The van der Waals surface area contributed by atoms with E-state index in [1.807, 2.05) is 6.07 Å². The van der Waals surface area contributed by atoms with Crippen molar-refractivity contribution in [1.82, 2.24) is 4.98 Å². The van der Waals surface area contributed by atoms with Gasteiger partial charge in [0.2, 0.25) is 0 Å². The van der Waals surface area contributed by atoms with E-state index >= 15 is 0 Å². The second-order valence-electron chi connectivity index (χ2n) is 7.67. The molecule has 1 spiro atoms. The lowest BCUT2D eigenvalue weighted by Gasteiger charge is -2.42. The van der Waals surface area contributed by atoms with E-state index in [9.17, 15) is 0 Å². The van der Waals surface area contributed by atoms with Gasteiger partial charge in [-0.25, -0.2) is 0 Å². The molecule has 2 heterocycles. The monoisotopic (exact) mass is 347 g/mol. The van der Waals surface area contributed by atoms with Crippen LogP contribution >= 0.6 is 0 Å². The summed E-state index contributed by atoms with van der Waals surface area (Å²) in [5.74, 6) is 1.58. The Bertz CT molecular complexity index is 920. The van der Waals surface area contributed by atoms with Gasteiger partial charge in [-0.1, -0.05) is 30.3 Å². The molecule has 26 heavy (non-hydrogen) atoms. The number of aromatic amines is 1. The van der Waals surface area contributed by atoms with Crippen LogP contribution in [0.1, 0.15) is 48.4 Å². The number of H-pyrrole nitrogens is 1. The zero-order chi connectivity index (χ0) is 17.6. The number of nitrogens with one attached hydrogen (secondary N) is 1. The number of hydrogen-bond acceptors (Lipinski definition) is 2. The number of benzene rings is 2. The lowest BCUT2D eigenvalue weighted by molar-refractivity contribution is -0.0900. The Morgan fingerprint density at radius 2 is 1.88 bits per heavy atom. The molecule has 0 saturated heterocycles. The second-order valence-corrected chi connectivity index (χ2v) is 7.67. The molecule has 3 aromatic rings. The molecular weight excluding hydrogens is 322 g/mol. The van der Waals surface area contributed by atoms with Crippen LogP contribution in [-0.2, 0) is 16.8 Å². The third-order valence-corrected chi connectivity index (χ3v) is 6.36. The van der Waals surface area contributed by atoms with E-state index in [0.717, 1.165) is 31.6 Å². The van der Waals surface area contributed by atoms with Crippen molar-refractivity contribution in [1.29, 1.82) is 0 Å². The Balaban J connectivity index is 1.49. The fourth-order valence-electron chi connectivity index (χ4n) is 4.96. The van der Waals surface area contributed by atoms with E-state index in [1.165, 1.54) is 40.6 Å². The first kappa shape index (κ1) is 16.0. The number of ether oxygens (including phenoxy) is 2. The van der Waals surface area contributed by atoms with Crippen molar-refractivity contribution in [3.63, 3.8) is 0 Å². The van der Waals surface area contributed by atoms with Crippen LogP contribution in [-0.4, -0.2) is 18.7 Å². The smallest absolute Gasteiger partial charge is 0.119 e. The highest BCUT2D eigenvalue weighted by Crippen LogP contribution is 2.49. The van der Waals surface area contributed by atoms with Gasteiger partial charge in [-0.3, -0.25) is 0 Å². The third-order valence-electron chi connectivity index (χ3n) is 6.36. The van der Waals surface area contributed by atoms with Crippen LogP contribution in [0.4, 0.5) is 0 Å². The molecule has 0 atom stereocenters. The molecule has 5 rings (SSSR count). The third kappa shape index (κ3) is 2.45. The zero-order valence-corrected chi connectivity index (χ0v) is 15.3. The van der Waals surface area contributed by atoms with Gasteiger partial charge in [0, 0.05) is 10.9 Å². The fourth-order valence-corrected chi connectivity index (χ4v) is 4.96. The highest BCUT2D eigenvalue weighted by Gasteiger charge is 2.43. The van der Waals surface area contributed by atoms with Crippen LogP contribution in [0, 0.1) is 0 Å². The number of aromatic nitrogens is 1.